The summed E-state index contributed by atoms with van der Waals surface area (Å²) in [6.07, 6.45) is 5.87. The molecule has 0 aromatic heterocycles. The third-order valence-corrected chi connectivity index (χ3v) is 2.22. The molecule has 0 aromatic rings. The summed E-state index contributed by atoms with van der Waals surface area (Å²) >= 11 is 1.13. The van der Waals surface area contributed by atoms with E-state index in [1.165, 1.54) is 0 Å². The van der Waals surface area contributed by atoms with Crippen molar-refractivity contribution in [1.29, 1.82) is 0 Å². The van der Waals surface area contributed by atoms with E-state index in [-0.39, 0.29) is 11.7 Å². The zero-order valence-electron chi connectivity index (χ0n) is 9.53. The summed E-state index contributed by atoms with van der Waals surface area (Å²) in [6.45, 7) is 11.2. The Balaban J connectivity index is 0. The molecular weight excluding hydrogens is 208 g/mol. The van der Waals surface area contributed by atoms with Gasteiger partial charge in [-0.3, -0.25) is 4.79 Å². The highest BCUT2D eigenvalue weighted by atomic mass is 32.2. The lowest BCUT2D eigenvalue weighted by molar-refractivity contribution is -0.111. The van der Waals surface area contributed by atoms with Crippen molar-refractivity contribution in [2.45, 2.75) is 26.7 Å². The minimum absolute atomic E-state index is 0.0436. The molecule has 0 aliphatic heterocycles. The van der Waals surface area contributed by atoms with Crippen LogP contribution in [0, 0.1) is 0 Å². The molecule has 0 fully saturated rings. The van der Waals surface area contributed by atoms with Gasteiger partial charge < -0.3 is 5.11 Å². The highest BCUT2D eigenvalue weighted by Gasteiger charge is 2.03. The molecule has 0 radical (unpaired) electrons. The van der Waals surface area contributed by atoms with Crippen molar-refractivity contribution < 1.29 is 9.90 Å². The topological polar surface area (TPSA) is 37.3 Å². The molecule has 0 amide bonds. The molecule has 0 bridgehead atoms. The Morgan fingerprint density at radius 2 is 2.00 bits per heavy atom. The fourth-order valence-electron chi connectivity index (χ4n) is 0.666. The van der Waals surface area contributed by atoms with E-state index >= 15 is 0 Å². The number of allylic oxidation sites excluding steroid dienone is 3. The number of rotatable bonds is 6. The van der Waals surface area contributed by atoms with Gasteiger partial charge >= 0.3 is 0 Å². The minimum atomic E-state index is 0.0436. The number of thioether (sulfide) groups is 1. The van der Waals surface area contributed by atoms with Gasteiger partial charge in [0.25, 0.3) is 0 Å². The first-order chi connectivity index (χ1) is 7.24. The van der Waals surface area contributed by atoms with Gasteiger partial charge in [-0.2, -0.15) is 0 Å². The summed E-state index contributed by atoms with van der Waals surface area (Å²) in [7, 11) is 0. The number of carbonyl (C=O) groups is 1. The van der Waals surface area contributed by atoms with Crippen LogP contribution in [-0.4, -0.2) is 16.8 Å². The van der Waals surface area contributed by atoms with Gasteiger partial charge in [-0.15, -0.1) is 0 Å². The zero-order valence-corrected chi connectivity index (χ0v) is 10.3. The van der Waals surface area contributed by atoms with Crippen LogP contribution in [0.25, 0.3) is 0 Å². The molecule has 0 saturated heterocycles. The standard InChI is InChI=1S/C10H14O2S.C2H6/c1-3-6-9(4-2)13-10(12)7-5-8-11;1-2/h3-4,6,11H,1-2,5,7-8H2;1-2H3/b9-6+;. The summed E-state index contributed by atoms with van der Waals surface area (Å²) in [4.78, 5) is 12.0. The lowest BCUT2D eigenvalue weighted by Crippen LogP contribution is -1.93. The van der Waals surface area contributed by atoms with Gasteiger partial charge in [-0.25, -0.2) is 0 Å². The van der Waals surface area contributed by atoms with E-state index in [0.29, 0.717) is 12.8 Å². The molecule has 3 heteroatoms. The number of hydrogen-bond donors (Lipinski definition) is 1. The Hall–Kier alpha value is -0.800. The summed E-state index contributed by atoms with van der Waals surface area (Å²) in [5.74, 6) is 0. The third-order valence-electron chi connectivity index (χ3n) is 1.25. The molecular formula is C12H20O2S. The Morgan fingerprint density at radius 1 is 1.40 bits per heavy atom. The van der Waals surface area contributed by atoms with Crippen molar-refractivity contribution in [1.82, 2.24) is 0 Å². The van der Waals surface area contributed by atoms with Gasteiger partial charge in [-0.05, 0) is 12.5 Å². The van der Waals surface area contributed by atoms with E-state index in [2.05, 4.69) is 13.2 Å². The molecule has 15 heavy (non-hydrogen) atoms. The van der Waals surface area contributed by atoms with Crippen molar-refractivity contribution in [2.75, 3.05) is 6.61 Å². The molecule has 1 N–H and O–H groups in total. The fourth-order valence-corrected chi connectivity index (χ4v) is 1.42. The van der Waals surface area contributed by atoms with E-state index in [9.17, 15) is 4.79 Å². The van der Waals surface area contributed by atoms with E-state index in [0.717, 1.165) is 16.7 Å². The second kappa shape index (κ2) is 13.2. The van der Waals surface area contributed by atoms with Crippen molar-refractivity contribution in [3.8, 4) is 0 Å². The van der Waals surface area contributed by atoms with Crippen molar-refractivity contribution in [3.63, 3.8) is 0 Å². The molecule has 2 nitrogen and oxygen atoms in total. The maximum absolute atomic E-state index is 11.2. The van der Waals surface area contributed by atoms with Crippen LogP contribution in [0.3, 0.4) is 0 Å². The van der Waals surface area contributed by atoms with Crippen LogP contribution >= 0.6 is 11.8 Å². The molecule has 0 atom stereocenters. The van der Waals surface area contributed by atoms with Gasteiger partial charge in [0.15, 0.2) is 5.12 Å². The molecule has 0 aliphatic carbocycles. The van der Waals surface area contributed by atoms with E-state index < -0.39 is 0 Å². The predicted octanol–water partition coefficient (Wildman–Crippen LogP) is 3.30. The number of aliphatic hydroxyl groups is 1. The summed E-state index contributed by atoms with van der Waals surface area (Å²) < 4.78 is 0. The first-order valence-electron chi connectivity index (χ1n) is 5.01. The van der Waals surface area contributed by atoms with Crippen molar-refractivity contribution >= 4 is 16.9 Å². The third kappa shape index (κ3) is 11.1. The van der Waals surface area contributed by atoms with Crippen LogP contribution in [0.4, 0.5) is 0 Å². The fraction of sp³-hybridized carbons (Fsp3) is 0.417. The number of hydrogen-bond acceptors (Lipinski definition) is 3. The molecule has 86 valence electrons. The monoisotopic (exact) mass is 228 g/mol. The Kier molecular flexibility index (Phi) is 14.6. The minimum Gasteiger partial charge on any atom is -0.396 e. The molecule has 0 aromatic carbocycles. The average molecular weight is 228 g/mol. The SMILES string of the molecule is C=C/C=C(\C=C)SC(=O)CCCO.CC. The molecule has 0 aliphatic rings. The molecule has 0 rings (SSSR count). The maximum atomic E-state index is 11.2. The smallest absolute Gasteiger partial charge is 0.193 e. The summed E-state index contributed by atoms with van der Waals surface area (Å²) in [5.41, 5.74) is 0. The van der Waals surface area contributed by atoms with Crippen LogP contribution in [0.15, 0.2) is 36.3 Å². The summed E-state index contributed by atoms with van der Waals surface area (Å²) in [6, 6.07) is 0. The van der Waals surface area contributed by atoms with Crippen molar-refractivity contribution in [2.24, 2.45) is 0 Å². The van der Waals surface area contributed by atoms with Gasteiger partial charge in [0, 0.05) is 17.9 Å². The normalized spacial score (nSPS) is 9.93. The highest BCUT2D eigenvalue weighted by Crippen LogP contribution is 2.19. The predicted molar refractivity (Wildman–Crippen MR) is 68.7 cm³/mol. The largest absolute Gasteiger partial charge is 0.396 e. The van der Waals surface area contributed by atoms with Crippen LogP contribution in [-0.2, 0) is 4.79 Å². The van der Waals surface area contributed by atoms with Crippen molar-refractivity contribution in [3.05, 3.63) is 36.3 Å². The Morgan fingerprint density at radius 3 is 2.40 bits per heavy atom. The molecule has 0 saturated carbocycles. The van der Waals surface area contributed by atoms with E-state index in [1.54, 1.807) is 18.2 Å². The number of carbonyl (C=O) groups excluding carboxylic acids is 1. The quantitative estimate of drug-likeness (QED) is 0.709. The average Bonchev–Trinajstić information content (AvgIpc) is 2.28. The van der Waals surface area contributed by atoms with Crippen LogP contribution in [0.1, 0.15) is 26.7 Å². The van der Waals surface area contributed by atoms with Crippen LogP contribution in [0.2, 0.25) is 0 Å². The summed E-state index contributed by atoms with van der Waals surface area (Å²) in [5, 5.41) is 8.54. The van der Waals surface area contributed by atoms with Crippen LogP contribution in [0.5, 0.6) is 0 Å². The van der Waals surface area contributed by atoms with Gasteiger partial charge in [0.1, 0.15) is 0 Å². The molecule has 0 unspecified atom stereocenters. The van der Waals surface area contributed by atoms with Crippen LogP contribution < -0.4 is 0 Å². The first-order valence-corrected chi connectivity index (χ1v) is 5.83. The zero-order chi connectivity index (χ0) is 12.1. The maximum Gasteiger partial charge on any atom is 0.193 e. The van der Waals surface area contributed by atoms with Gasteiger partial charge in [0.05, 0.1) is 0 Å². The lowest BCUT2D eigenvalue weighted by atomic mass is 10.3. The van der Waals surface area contributed by atoms with E-state index in [1.807, 2.05) is 13.8 Å². The molecule has 0 heterocycles. The second-order valence-electron chi connectivity index (χ2n) is 2.31. The number of aliphatic hydroxyl groups excluding tert-OH is 1. The Bertz CT molecular complexity index is 220. The second-order valence-corrected chi connectivity index (χ2v) is 3.44. The Labute approximate surface area is 96.8 Å². The van der Waals surface area contributed by atoms with E-state index in [4.69, 9.17) is 5.11 Å². The van der Waals surface area contributed by atoms with Gasteiger partial charge in [-0.1, -0.05) is 50.9 Å². The molecule has 0 spiro atoms. The lowest BCUT2D eigenvalue weighted by Gasteiger charge is -1.98. The first kappa shape index (κ1) is 16.6. The van der Waals surface area contributed by atoms with Gasteiger partial charge in [0.2, 0.25) is 0 Å². The highest BCUT2D eigenvalue weighted by molar-refractivity contribution is 8.17.